The Balaban J connectivity index is 1.41. The zero-order valence-electron chi connectivity index (χ0n) is 16.9. The Morgan fingerprint density at radius 1 is 1.11 bits per heavy atom. The fourth-order valence-electron chi connectivity index (χ4n) is 3.45. The molecule has 1 N–H and O–H groups in total. The molecule has 2 aromatic carbocycles. The van der Waals surface area contributed by atoms with Crippen LogP contribution in [-0.4, -0.2) is 31.8 Å². The monoisotopic (exact) mass is 383 g/mol. The van der Waals surface area contributed by atoms with E-state index in [0.29, 0.717) is 13.2 Å². The summed E-state index contributed by atoms with van der Waals surface area (Å²) in [5.74, 6) is 1.46. The van der Waals surface area contributed by atoms with Crippen molar-refractivity contribution in [3.8, 4) is 11.5 Å². The average Bonchev–Trinajstić information content (AvgIpc) is 3.18. The Kier molecular flexibility index (Phi) is 6.93. The van der Waals surface area contributed by atoms with Gasteiger partial charge in [0.05, 0.1) is 6.10 Å². The van der Waals surface area contributed by atoms with Crippen molar-refractivity contribution >= 4 is 5.91 Å². The van der Waals surface area contributed by atoms with Crippen LogP contribution in [0.25, 0.3) is 0 Å². The topological polar surface area (TPSA) is 56.8 Å². The molecule has 1 unspecified atom stereocenters. The minimum atomic E-state index is -0.141. The third-order valence-electron chi connectivity index (χ3n) is 4.83. The Labute approximate surface area is 167 Å². The van der Waals surface area contributed by atoms with Crippen molar-refractivity contribution in [3.63, 3.8) is 0 Å². The second kappa shape index (κ2) is 9.60. The predicted molar refractivity (Wildman–Crippen MR) is 109 cm³/mol. The van der Waals surface area contributed by atoms with E-state index in [1.54, 1.807) is 0 Å². The lowest BCUT2D eigenvalue weighted by Gasteiger charge is -2.13. The van der Waals surface area contributed by atoms with Gasteiger partial charge in [0.1, 0.15) is 18.1 Å². The lowest BCUT2D eigenvalue weighted by molar-refractivity contribution is -0.123. The summed E-state index contributed by atoms with van der Waals surface area (Å²) in [7, 11) is 0. The van der Waals surface area contributed by atoms with Crippen molar-refractivity contribution in [1.82, 2.24) is 5.32 Å². The molecule has 1 aliphatic heterocycles. The molecule has 0 spiro atoms. The van der Waals surface area contributed by atoms with E-state index in [9.17, 15) is 4.79 Å². The van der Waals surface area contributed by atoms with Gasteiger partial charge in [0, 0.05) is 13.2 Å². The third kappa shape index (κ3) is 5.73. The smallest absolute Gasteiger partial charge is 0.258 e. The molecule has 5 nitrogen and oxygen atoms in total. The Morgan fingerprint density at radius 3 is 2.46 bits per heavy atom. The van der Waals surface area contributed by atoms with Crippen LogP contribution in [-0.2, 0) is 16.1 Å². The summed E-state index contributed by atoms with van der Waals surface area (Å²) < 4.78 is 17.0. The maximum atomic E-state index is 12.1. The van der Waals surface area contributed by atoms with Crippen LogP contribution in [0.5, 0.6) is 11.5 Å². The van der Waals surface area contributed by atoms with Crippen molar-refractivity contribution in [2.75, 3.05) is 19.8 Å². The van der Waals surface area contributed by atoms with Crippen molar-refractivity contribution in [2.45, 2.75) is 46.3 Å². The molecule has 3 rings (SSSR count). The Morgan fingerprint density at radius 2 is 1.82 bits per heavy atom. The van der Waals surface area contributed by atoms with Crippen molar-refractivity contribution in [3.05, 3.63) is 58.7 Å². The standard InChI is InChI=1S/C23H29NO4/c1-16-11-17(2)23(18(3)12-16)28-15-22(25)24-13-19-6-8-20(9-7-19)27-14-21-5-4-10-26-21/h6-9,11-12,21H,4-5,10,13-15H2,1-3H3,(H,24,25). The van der Waals surface area contributed by atoms with Gasteiger partial charge in [0.25, 0.3) is 5.91 Å². The molecule has 2 aromatic rings. The molecular weight excluding hydrogens is 354 g/mol. The van der Waals surface area contributed by atoms with Gasteiger partial charge in [0.15, 0.2) is 6.61 Å². The van der Waals surface area contributed by atoms with Gasteiger partial charge in [-0.3, -0.25) is 4.79 Å². The highest BCUT2D eigenvalue weighted by atomic mass is 16.5. The molecule has 0 aliphatic carbocycles. The fourth-order valence-corrected chi connectivity index (χ4v) is 3.45. The predicted octanol–water partition coefficient (Wildman–Crippen LogP) is 3.86. The molecule has 28 heavy (non-hydrogen) atoms. The number of aryl methyl sites for hydroxylation is 3. The first-order chi connectivity index (χ1) is 13.5. The lowest BCUT2D eigenvalue weighted by atomic mass is 10.1. The van der Waals surface area contributed by atoms with Crippen LogP contribution in [0.15, 0.2) is 36.4 Å². The van der Waals surface area contributed by atoms with Gasteiger partial charge in [-0.2, -0.15) is 0 Å². The molecule has 1 atom stereocenters. The average molecular weight is 383 g/mol. The quantitative estimate of drug-likeness (QED) is 0.752. The van der Waals surface area contributed by atoms with E-state index in [-0.39, 0.29) is 18.6 Å². The number of rotatable bonds is 8. The van der Waals surface area contributed by atoms with Crippen molar-refractivity contribution in [1.29, 1.82) is 0 Å². The number of hydrogen-bond donors (Lipinski definition) is 1. The molecule has 1 aliphatic rings. The van der Waals surface area contributed by atoms with Gasteiger partial charge >= 0.3 is 0 Å². The van der Waals surface area contributed by atoms with Crippen LogP contribution in [0.1, 0.15) is 35.1 Å². The molecule has 0 bridgehead atoms. The number of carbonyl (C=O) groups is 1. The molecule has 1 saturated heterocycles. The highest BCUT2D eigenvalue weighted by molar-refractivity contribution is 5.77. The molecule has 5 heteroatoms. The van der Waals surface area contributed by atoms with Crippen LogP contribution in [0, 0.1) is 20.8 Å². The summed E-state index contributed by atoms with van der Waals surface area (Å²) in [6, 6.07) is 11.9. The second-order valence-electron chi connectivity index (χ2n) is 7.38. The molecule has 150 valence electrons. The summed E-state index contributed by atoms with van der Waals surface area (Å²) >= 11 is 0. The molecule has 1 heterocycles. The summed E-state index contributed by atoms with van der Waals surface area (Å²) in [6.07, 6.45) is 2.38. The molecule has 1 amide bonds. The summed E-state index contributed by atoms with van der Waals surface area (Å²) in [4.78, 5) is 12.1. The van der Waals surface area contributed by atoms with Gasteiger partial charge in [0.2, 0.25) is 0 Å². The fraction of sp³-hybridized carbons (Fsp3) is 0.435. The van der Waals surface area contributed by atoms with E-state index in [4.69, 9.17) is 14.2 Å². The first-order valence-corrected chi connectivity index (χ1v) is 9.82. The van der Waals surface area contributed by atoms with E-state index < -0.39 is 0 Å². The lowest BCUT2D eigenvalue weighted by Crippen LogP contribution is -2.28. The molecule has 0 saturated carbocycles. The number of hydrogen-bond acceptors (Lipinski definition) is 4. The van der Waals surface area contributed by atoms with E-state index in [2.05, 4.69) is 24.4 Å². The van der Waals surface area contributed by atoms with Crippen molar-refractivity contribution in [2.24, 2.45) is 0 Å². The Bertz CT molecular complexity index is 772. The summed E-state index contributed by atoms with van der Waals surface area (Å²) in [5, 5.41) is 2.89. The number of carbonyl (C=O) groups excluding carboxylic acids is 1. The molecule has 1 fully saturated rings. The normalized spacial score (nSPS) is 16.0. The number of nitrogens with one attached hydrogen (secondary N) is 1. The number of amides is 1. The van der Waals surface area contributed by atoms with Crippen LogP contribution in [0.3, 0.4) is 0 Å². The number of benzene rings is 2. The van der Waals surface area contributed by atoms with Crippen LogP contribution in [0.2, 0.25) is 0 Å². The largest absolute Gasteiger partial charge is 0.491 e. The first-order valence-electron chi connectivity index (χ1n) is 9.82. The van der Waals surface area contributed by atoms with E-state index >= 15 is 0 Å². The molecule has 0 aromatic heterocycles. The first kappa shape index (κ1) is 20.2. The zero-order valence-corrected chi connectivity index (χ0v) is 16.9. The van der Waals surface area contributed by atoms with Gasteiger partial charge in [-0.25, -0.2) is 0 Å². The second-order valence-corrected chi connectivity index (χ2v) is 7.38. The van der Waals surface area contributed by atoms with Gasteiger partial charge in [-0.15, -0.1) is 0 Å². The van der Waals surface area contributed by atoms with Gasteiger partial charge < -0.3 is 19.5 Å². The summed E-state index contributed by atoms with van der Waals surface area (Å²) in [5.41, 5.74) is 4.29. The minimum Gasteiger partial charge on any atom is -0.491 e. The minimum absolute atomic E-state index is 0.00727. The van der Waals surface area contributed by atoms with E-state index in [1.807, 2.05) is 38.1 Å². The Hall–Kier alpha value is -2.53. The van der Waals surface area contributed by atoms with Crippen LogP contribution < -0.4 is 14.8 Å². The molecular formula is C23H29NO4. The molecule has 0 radical (unpaired) electrons. The van der Waals surface area contributed by atoms with E-state index in [1.165, 1.54) is 5.56 Å². The highest BCUT2D eigenvalue weighted by Gasteiger charge is 2.16. The third-order valence-corrected chi connectivity index (χ3v) is 4.83. The van der Waals surface area contributed by atoms with Gasteiger partial charge in [-0.05, 0) is 62.4 Å². The van der Waals surface area contributed by atoms with Gasteiger partial charge in [-0.1, -0.05) is 29.8 Å². The summed E-state index contributed by atoms with van der Waals surface area (Å²) in [6.45, 7) is 7.93. The van der Waals surface area contributed by atoms with Crippen molar-refractivity contribution < 1.29 is 19.0 Å². The highest BCUT2D eigenvalue weighted by Crippen LogP contribution is 2.24. The van der Waals surface area contributed by atoms with E-state index in [0.717, 1.165) is 47.6 Å². The zero-order chi connectivity index (χ0) is 19.9. The van der Waals surface area contributed by atoms with Crippen LogP contribution in [0.4, 0.5) is 0 Å². The maximum Gasteiger partial charge on any atom is 0.258 e. The maximum absolute atomic E-state index is 12.1. The number of ether oxygens (including phenoxy) is 3. The SMILES string of the molecule is Cc1cc(C)c(OCC(=O)NCc2ccc(OCC3CCCO3)cc2)c(C)c1. The van der Waals surface area contributed by atoms with Crippen LogP contribution >= 0.6 is 0 Å².